The number of phenols is 2. The summed E-state index contributed by atoms with van der Waals surface area (Å²) in [6.07, 6.45) is 0.283. The third kappa shape index (κ3) is 8.08. The minimum atomic E-state index is -1.05. The summed E-state index contributed by atoms with van der Waals surface area (Å²) in [5, 5.41) is 43.0. The molecule has 0 spiro atoms. The normalized spacial score (nSPS) is 15.3. The van der Waals surface area contributed by atoms with Crippen molar-refractivity contribution in [2.75, 3.05) is 0 Å². The van der Waals surface area contributed by atoms with Crippen LogP contribution in [0.5, 0.6) is 11.5 Å². The number of aromatic hydroxyl groups is 2. The minimum Gasteiger partial charge on any atom is -0.507 e. The lowest BCUT2D eigenvalue weighted by Gasteiger charge is -2.31. The number of hydrogen-bond donors (Lipinski definition) is 4. The monoisotopic (exact) mass is 582 g/mol. The summed E-state index contributed by atoms with van der Waals surface area (Å²) in [4.78, 5) is 25.4. The molecule has 2 aromatic carbocycles. The third-order valence-electron chi connectivity index (χ3n) is 8.39. The fourth-order valence-corrected chi connectivity index (χ4v) is 5.70. The molecular weight excluding hydrogens is 528 g/mol. The molecule has 4 N–H and O–H groups in total. The van der Waals surface area contributed by atoms with Gasteiger partial charge in [0.05, 0.1) is 11.8 Å². The van der Waals surface area contributed by atoms with E-state index >= 15 is 0 Å². The lowest BCUT2D eigenvalue weighted by molar-refractivity contribution is -0.149. The highest BCUT2D eigenvalue weighted by Gasteiger charge is 2.37. The molecule has 0 aliphatic rings. The van der Waals surface area contributed by atoms with E-state index in [4.69, 9.17) is 0 Å². The van der Waals surface area contributed by atoms with Gasteiger partial charge in [-0.2, -0.15) is 0 Å². The molecule has 2 atom stereocenters. The van der Waals surface area contributed by atoms with E-state index in [9.17, 15) is 30.0 Å². The molecule has 6 heteroatoms. The van der Waals surface area contributed by atoms with Crippen molar-refractivity contribution < 1.29 is 30.0 Å². The first-order valence-corrected chi connectivity index (χ1v) is 15.0. The van der Waals surface area contributed by atoms with E-state index in [0.29, 0.717) is 0 Å². The Morgan fingerprint density at radius 1 is 0.548 bits per heavy atom. The Labute approximate surface area is 253 Å². The number of rotatable bonds is 8. The first kappa shape index (κ1) is 35.2. The summed E-state index contributed by atoms with van der Waals surface area (Å²) in [5.41, 5.74) is 3.00. The Morgan fingerprint density at radius 2 is 0.762 bits per heavy atom. The number of carbonyl (C=O) groups is 2. The topological polar surface area (TPSA) is 115 Å². The quantitative estimate of drug-likeness (QED) is 0.250. The largest absolute Gasteiger partial charge is 0.507 e. The van der Waals surface area contributed by atoms with E-state index in [-0.39, 0.29) is 46.0 Å². The van der Waals surface area contributed by atoms with Crippen molar-refractivity contribution >= 4 is 11.9 Å². The van der Waals surface area contributed by atoms with Crippen molar-refractivity contribution in [3.05, 3.63) is 57.6 Å². The second-order valence-corrected chi connectivity index (χ2v) is 16.2. The van der Waals surface area contributed by atoms with E-state index in [0.717, 1.165) is 33.4 Å². The van der Waals surface area contributed by atoms with Gasteiger partial charge in [-0.3, -0.25) is 9.59 Å². The zero-order valence-corrected chi connectivity index (χ0v) is 28.1. The van der Waals surface area contributed by atoms with Crippen LogP contribution in [0.25, 0.3) is 0 Å². The second-order valence-electron chi connectivity index (χ2n) is 16.2. The van der Waals surface area contributed by atoms with E-state index in [2.05, 4.69) is 0 Å². The molecule has 0 bridgehead atoms. The predicted octanol–water partition coefficient (Wildman–Crippen LogP) is 8.11. The highest BCUT2D eigenvalue weighted by Crippen LogP contribution is 2.42. The van der Waals surface area contributed by atoms with Crippen LogP contribution in [0.15, 0.2) is 24.3 Å². The molecule has 0 amide bonds. The lowest BCUT2D eigenvalue weighted by Crippen LogP contribution is -2.35. The predicted molar refractivity (Wildman–Crippen MR) is 170 cm³/mol. The fourth-order valence-electron chi connectivity index (χ4n) is 5.70. The van der Waals surface area contributed by atoms with Gasteiger partial charge in [0, 0.05) is 0 Å². The Kier molecular flexibility index (Phi) is 9.99. The van der Waals surface area contributed by atoms with Gasteiger partial charge in [0.1, 0.15) is 11.5 Å². The molecule has 234 valence electrons. The SMILES string of the molecule is CC(C(Cc1cc(C(C)(C)C)c(O)c(C(C)(C)C)c1)C(=O)O)C(Cc1cc(C(C)(C)C)c(O)c(C(C)(C)C)c1)C(=O)O. The second kappa shape index (κ2) is 11.9. The zero-order valence-electron chi connectivity index (χ0n) is 28.1. The van der Waals surface area contributed by atoms with Crippen LogP contribution >= 0.6 is 0 Å². The van der Waals surface area contributed by atoms with Gasteiger partial charge in [-0.05, 0) is 73.8 Å². The molecule has 0 heterocycles. The molecular formula is C36H54O6. The number of carboxylic acid groups (broad SMARTS) is 2. The highest BCUT2D eigenvalue weighted by molar-refractivity contribution is 5.75. The van der Waals surface area contributed by atoms with Gasteiger partial charge in [-0.15, -0.1) is 0 Å². The fraction of sp³-hybridized carbons (Fsp3) is 0.611. The van der Waals surface area contributed by atoms with Gasteiger partial charge in [0.2, 0.25) is 0 Å². The molecule has 0 aliphatic carbocycles. The maximum Gasteiger partial charge on any atom is 0.307 e. The van der Waals surface area contributed by atoms with Crippen LogP contribution in [0.1, 0.15) is 123 Å². The summed E-state index contributed by atoms with van der Waals surface area (Å²) >= 11 is 0. The first-order chi connectivity index (χ1) is 18.8. The number of phenolic OH excluding ortho intramolecular Hbond substituents is 2. The first-order valence-electron chi connectivity index (χ1n) is 15.0. The molecule has 0 saturated heterocycles. The molecule has 0 aliphatic heterocycles. The maximum absolute atomic E-state index is 12.7. The summed E-state index contributed by atoms with van der Waals surface area (Å²) in [6, 6.07) is 7.48. The number of hydrogen-bond acceptors (Lipinski definition) is 4. The van der Waals surface area contributed by atoms with Crippen molar-refractivity contribution in [2.45, 2.75) is 125 Å². The molecule has 2 unspecified atom stereocenters. The maximum atomic E-state index is 12.7. The van der Waals surface area contributed by atoms with Crippen LogP contribution < -0.4 is 0 Å². The summed E-state index contributed by atoms with van der Waals surface area (Å²) in [7, 11) is 0. The standard InChI is InChI=1S/C36H54O6/c1-20(23(31(39)40)14-21-16-25(33(2,3)4)29(37)26(17-21)34(5,6)7)24(32(41)42)15-22-18-27(35(8,9)10)30(38)28(19-22)36(11,12)13/h16-20,23-24,37-38H,14-15H2,1-13H3,(H,39,40)(H,41,42). The van der Waals surface area contributed by atoms with Crippen LogP contribution in [0, 0.1) is 17.8 Å². The van der Waals surface area contributed by atoms with Gasteiger partial charge in [0.25, 0.3) is 0 Å². The van der Waals surface area contributed by atoms with Crippen molar-refractivity contribution in [2.24, 2.45) is 17.8 Å². The van der Waals surface area contributed by atoms with Crippen LogP contribution in [-0.4, -0.2) is 32.4 Å². The average Bonchev–Trinajstić information content (AvgIpc) is 2.78. The smallest absolute Gasteiger partial charge is 0.307 e. The van der Waals surface area contributed by atoms with Crippen molar-refractivity contribution in [3.8, 4) is 11.5 Å². The van der Waals surface area contributed by atoms with Gasteiger partial charge in [0.15, 0.2) is 0 Å². The average molecular weight is 583 g/mol. The molecule has 42 heavy (non-hydrogen) atoms. The molecule has 6 nitrogen and oxygen atoms in total. The Hall–Kier alpha value is -3.02. The molecule has 2 rings (SSSR count). The van der Waals surface area contributed by atoms with Crippen molar-refractivity contribution in [1.29, 1.82) is 0 Å². The molecule has 0 saturated carbocycles. The Bertz CT molecular complexity index is 1140. The van der Waals surface area contributed by atoms with Gasteiger partial charge < -0.3 is 20.4 Å². The van der Waals surface area contributed by atoms with E-state index in [1.807, 2.05) is 107 Å². The van der Waals surface area contributed by atoms with Crippen molar-refractivity contribution in [3.63, 3.8) is 0 Å². The van der Waals surface area contributed by atoms with Gasteiger partial charge in [-0.1, -0.05) is 114 Å². The number of aliphatic carboxylic acids is 2. The van der Waals surface area contributed by atoms with Crippen molar-refractivity contribution in [1.82, 2.24) is 0 Å². The minimum absolute atomic E-state index is 0.142. The van der Waals surface area contributed by atoms with Crippen LogP contribution in [0.2, 0.25) is 0 Å². The third-order valence-corrected chi connectivity index (χ3v) is 8.39. The zero-order chi connectivity index (χ0) is 32.7. The number of carboxylic acids is 2. The molecule has 0 radical (unpaired) electrons. The number of benzene rings is 2. The van der Waals surface area contributed by atoms with E-state index < -0.39 is 29.7 Å². The van der Waals surface area contributed by atoms with Gasteiger partial charge >= 0.3 is 11.9 Å². The Morgan fingerprint density at radius 3 is 0.929 bits per heavy atom. The molecule has 0 aromatic heterocycles. The summed E-state index contributed by atoms with van der Waals surface area (Å²) < 4.78 is 0. The lowest BCUT2D eigenvalue weighted by atomic mass is 9.73. The van der Waals surface area contributed by atoms with E-state index in [1.165, 1.54) is 0 Å². The summed E-state index contributed by atoms with van der Waals surface area (Å²) in [5.74, 6) is -4.27. The Balaban J connectivity index is 2.62. The molecule has 2 aromatic rings. The van der Waals surface area contributed by atoms with Crippen LogP contribution in [0.3, 0.4) is 0 Å². The van der Waals surface area contributed by atoms with Gasteiger partial charge in [-0.25, -0.2) is 0 Å². The van der Waals surface area contributed by atoms with Crippen LogP contribution in [-0.2, 0) is 44.1 Å². The van der Waals surface area contributed by atoms with E-state index in [1.54, 1.807) is 6.92 Å². The molecule has 0 fully saturated rings. The highest BCUT2D eigenvalue weighted by atomic mass is 16.4. The van der Waals surface area contributed by atoms with Crippen LogP contribution in [0.4, 0.5) is 0 Å². The summed E-state index contributed by atoms with van der Waals surface area (Å²) in [6.45, 7) is 25.8.